The summed E-state index contributed by atoms with van der Waals surface area (Å²) in [6, 6.07) is 2.32. The molecule has 0 atom stereocenters. The summed E-state index contributed by atoms with van der Waals surface area (Å²) in [6.45, 7) is 2.09. The number of amides is 1. The van der Waals surface area contributed by atoms with Crippen LogP contribution in [0.4, 0.5) is 4.39 Å². The summed E-state index contributed by atoms with van der Waals surface area (Å²) < 4.78 is 14.1. The predicted molar refractivity (Wildman–Crippen MR) is 87.2 cm³/mol. The molecule has 5 nitrogen and oxygen atoms in total. The highest BCUT2D eigenvalue weighted by atomic mass is 79.9. The summed E-state index contributed by atoms with van der Waals surface area (Å²) in [4.78, 5) is 26.2. The largest absolute Gasteiger partial charge is 0.287 e. The van der Waals surface area contributed by atoms with Crippen LogP contribution in [0.3, 0.4) is 0 Å². The standard InChI is InChI=1S/C14H15BrFN3O2S/c1-2-3-4-5-6-13(20)22-12-7-9(14(21)18-19-17)11(16)8-10(12)15/h7-8H,2-6H2,1H3. The Kier molecular flexibility index (Phi) is 8.16. The van der Waals surface area contributed by atoms with Crippen molar-refractivity contribution in [2.45, 2.75) is 43.9 Å². The van der Waals surface area contributed by atoms with Crippen molar-refractivity contribution >= 4 is 38.7 Å². The van der Waals surface area contributed by atoms with Gasteiger partial charge in [0.05, 0.1) is 5.56 Å². The first-order chi connectivity index (χ1) is 10.5. The van der Waals surface area contributed by atoms with Gasteiger partial charge in [0.2, 0.25) is 0 Å². The lowest BCUT2D eigenvalue weighted by atomic mass is 10.2. The van der Waals surface area contributed by atoms with Crippen LogP contribution in [0.5, 0.6) is 0 Å². The van der Waals surface area contributed by atoms with E-state index in [-0.39, 0.29) is 10.7 Å². The Morgan fingerprint density at radius 3 is 2.73 bits per heavy atom. The van der Waals surface area contributed by atoms with E-state index < -0.39 is 11.7 Å². The Labute approximate surface area is 140 Å². The first kappa shape index (κ1) is 18.7. The summed E-state index contributed by atoms with van der Waals surface area (Å²) in [6.07, 6.45) is 4.41. The molecule has 0 saturated heterocycles. The topological polar surface area (TPSA) is 82.9 Å². The van der Waals surface area contributed by atoms with Gasteiger partial charge in [-0.3, -0.25) is 9.59 Å². The van der Waals surface area contributed by atoms with E-state index in [9.17, 15) is 14.0 Å². The minimum absolute atomic E-state index is 0.0504. The van der Waals surface area contributed by atoms with Gasteiger partial charge in [-0.1, -0.05) is 37.9 Å². The van der Waals surface area contributed by atoms with Gasteiger partial charge in [0, 0.05) is 20.7 Å². The highest BCUT2D eigenvalue weighted by molar-refractivity contribution is 9.10. The van der Waals surface area contributed by atoms with Crippen LogP contribution < -0.4 is 0 Å². The Balaban J connectivity index is 2.82. The maximum absolute atomic E-state index is 13.7. The molecule has 0 saturated carbocycles. The summed E-state index contributed by atoms with van der Waals surface area (Å²) in [5, 5.41) is 2.82. The van der Waals surface area contributed by atoms with E-state index in [1.165, 1.54) is 6.07 Å². The molecule has 22 heavy (non-hydrogen) atoms. The minimum Gasteiger partial charge on any atom is -0.287 e. The lowest BCUT2D eigenvalue weighted by molar-refractivity contribution is -0.111. The fourth-order valence-corrected chi connectivity index (χ4v) is 3.12. The van der Waals surface area contributed by atoms with Gasteiger partial charge >= 0.3 is 0 Å². The molecule has 0 N–H and O–H groups in total. The van der Waals surface area contributed by atoms with Gasteiger partial charge in [0.1, 0.15) is 5.82 Å². The van der Waals surface area contributed by atoms with Crippen molar-refractivity contribution in [2.75, 3.05) is 0 Å². The van der Waals surface area contributed by atoms with Gasteiger partial charge in [-0.15, -0.1) is 0 Å². The zero-order valence-corrected chi connectivity index (χ0v) is 14.4. The fourth-order valence-electron chi connectivity index (χ4n) is 1.74. The van der Waals surface area contributed by atoms with Crippen LogP contribution in [0.15, 0.2) is 26.6 Å². The molecule has 1 rings (SSSR count). The van der Waals surface area contributed by atoms with E-state index in [0.717, 1.165) is 43.5 Å². The van der Waals surface area contributed by atoms with E-state index in [4.69, 9.17) is 5.53 Å². The van der Waals surface area contributed by atoms with Crippen LogP contribution in [0.2, 0.25) is 0 Å². The first-order valence-corrected chi connectivity index (χ1v) is 8.39. The highest BCUT2D eigenvalue weighted by Crippen LogP contribution is 2.32. The van der Waals surface area contributed by atoms with Crippen molar-refractivity contribution in [1.82, 2.24) is 0 Å². The maximum Gasteiger partial charge on any atom is 0.252 e. The number of hydrogen-bond donors (Lipinski definition) is 0. The second-order valence-electron chi connectivity index (χ2n) is 4.54. The third-order valence-electron chi connectivity index (χ3n) is 2.85. The lowest BCUT2D eigenvalue weighted by Crippen LogP contribution is -2.00. The van der Waals surface area contributed by atoms with Crippen LogP contribution in [0, 0.1) is 5.82 Å². The molecule has 1 aromatic rings. The molecule has 0 bridgehead atoms. The Bertz CT molecular complexity index is 618. The molecule has 0 radical (unpaired) electrons. The molecule has 8 heteroatoms. The molecular weight excluding hydrogens is 373 g/mol. The molecule has 0 aliphatic heterocycles. The van der Waals surface area contributed by atoms with Crippen LogP contribution in [0.1, 0.15) is 49.4 Å². The smallest absolute Gasteiger partial charge is 0.252 e. The molecule has 0 heterocycles. The quantitative estimate of drug-likeness (QED) is 0.200. The number of thioether (sulfide) groups is 1. The summed E-state index contributed by atoms with van der Waals surface area (Å²) in [5.41, 5.74) is 7.90. The summed E-state index contributed by atoms with van der Waals surface area (Å²) >= 11 is 4.11. The van der Waals surface area contributed by atoms with Gasteiger partial charge < -0.3 is 0 Å². The van der Waals surface area contributed by atoms with Gasteiger partial charge in [0.25, 0.3) is 5.91 Å². The number of carbonyl (C=O) groups excluding carboxylic acids is 2. The second kappa shape index (κ2) is 9.61. The predicted octanol–water partition coefficient (Wildman–Crippen LogP) is 5.63. The van der Waals surface area contributed by atoms with Crippen LogP contribution in [-0.2, 0) is 4.79 Å². The number of benzene rings is 1. The molecule has 0 unspecified atom stereocenters. The van der Waals surface area contributed by atoms with Crippen molar-refractivity contribution in [3.05, 3.63) is 38.4 Å². The van der Waals surface area contributed by atoms with E-state index in [1.807, 2.05) is 0 Å². The van der Waals surface area contributed by atoms with Gasteiger partial charge in [-0.25, -0.2) is 4.39 Å². The number of hydrogen-bond acceptors (Lipinski definition) is 3. The molecule has 0 spiro atoms. The highest BCUT2D eigenvalue weighted by Gasteiger charge is 2.16. The summed E-state index contributed by atoms with van der Waals surface area (Å²) in [5.74, 6) is -1.81. The van der Waals surface area contributed by atoms with Crippen LogP contribution in [-0.4, -0.2) is 11.0 Å². The molecule has 0 aliphatic carbocycles. The number of halogens is 2. The van der Waals surface area contributed by atoms with Crippen molar-refractivity contribution in [2.24, 2.45) is 5.11 Å². The Hall–Kier alpha value is -1.37. The van der Waals surface area contributed by atoms with Crippen molar-refractivity contribution in [1.29, 1.82) is 0 Å². The van der Waals surface area contributed by atoms with Gasteiger partial charge in [0.15, 0.2) is 5.12 Å². The molecule has 0 aliphatic rings. The second-order valence-corrected chi connectivity index (χ2v) is 6.50. The maximum atomic E-state index is 13.7. The van der Waals surface area contributed by atoms with Crippen molar-refractivity contribution in [3.63, 3.8) is 0 Å². The third-order valence-corrected chi connectivity index (χ3v) is 4.75. The molecule has 1 aromatic carbocycles. The van der Waals surface area contributed by atoms with E-state index >= 15 is 0 Å². The zero-order valence-electron chi connectivity index (χ0n) is 12.0. The fraction of sp³-hybridized carbons (Fsp3) is 0.429. The van der Waals surface area contributed by atoms with Gasteiger partial charge in [-0.05, 0) is 45.1 Å². The van der Waals surface area contributed by atoms with Crippen molar-refractivity contribution in [3.8, 4) is 0 Å². The van der Waals surface area contributed by atoms with Crippen molar-refractivity contribution < 1.29 is 14.0 Å². The monoisotopic (exact) mass is 387 g/mol. The summed E-state index contributed by atoms with van der Waals surface area (Å²) in [7, 11) is 0. The average molecular weight is 388 g/mol. The minimum atomic E-state index is -1.01. The molecule has 0 aromatic heterocycles. The van der Waals surface area contributed by atoms with E-state index in [0.29, 0.717) is 15.8 Å². The Morgan fingerprint density at radius 1 is 1.36 bits per heavy atom. The number of carbonyl (C=O) groups is 2. The van der Waals surface area contributed by atoms with Crippen LogP contribution >= 0.6 is 27.7 Å². The molecule has 0 fully saturated rings. The molecule has 1 amide bonds. The third kappa shape index (κ3) is 5.79. The van der Waals surface area contributed by atoms with E-state index in [1.54, 1.807) is 0 Å². The average Bonchev–Trinajstić information content (AvgIpc) is 2.46. The van der Waals surface area contributed by atoms with Crippen LogP contribution in [0.25, 0.3) is 10.4 Å². The lowest BCUT2D eigenvalue weighted by Gasteiger charge is -2.06. The Morgan fingerprint density at radius 2 is 2.09 bits per heavy atom. The number of unbranched alkanes of at least 4 members (excludes halogenated alkanes) is 3. The SMILES string of the molecule is CCCCCCC(=O)Sc1cc(C(=O)N=[N+]=[N-])c(F)cc1Br. The van der Waals surface area contributed by atoms with E-state index in [2.05, 4.69) is 32.9 Å². The van der Waals surface area contributed by atoms with Gasteiger partial charge in [-0.2, -0.15) is 0 Å². The molecule has 118 valence electrons. The zero-order chi connectivity index (χ0) is 16.5. The molecular formula is C14H15BrFN3O2S. The number of nitrogens with zero attached hydrogens (tertiary/aromatic N) is 3. The number of rotatable bonds is 7. The normalized spacial score (nSPS) is 10.1. The number of azide groups is 1. The first-order valence-electron chi connectivity index (χ1n) is 6.78.